The van der Waals surface area contributed by atoms with Crippen molar-refractivity contribution in [2.45, 2.75) is 20.0 Å². The van der Waals surface area contributed by atoms with Crippen molar-refractivity contribution in [2.24, 2.45) is 0 Å². The minimum absolute atomic E-state index is 0.0758. The lowest BCUT2D eigenvalue weighted by Gasteiger charge is -2.05. The van der Waals surface area contributed by atoms with Gasteiger partial charge >= 0.3 is 5.97 Å². The molecule has 1 N–H and O–H groups in total. The van der Waals surface area contributed by atoms with Crippen LogP contribution in [0.25, 0.3) is 0 Å². The summed E-state index contributed by atoms with van der Waals surface area (Å²) in [6, 6.07) is 9.71. The smallest absolute Gasteiger partial charge is 0.340 e. The van der Waals surface area contributed by atoms with E-state index in [4.69, 9.17) is 10.4 Å². The quantitative estimate of drug-likeness (QED) is 0.776. The molecule has 7 nitrogen and oxygen atoms in total. The number of rotatable bonds is 5. The highest BCUT2D eigenvalue weighted by Gasteiger charge is 2.15. The first-order valence-electron chi connectivity index (χ1n) is 7.33. The second-order valence-electron chi connectivity index (χ2n) is 5.54. The highest BCUT2D eigenvalue weighted by Crippen LogP contribution is 2.11. The Morgan fingerprint density at radius 1 is 1.17 bits per heavy atom. The lowest BCUT2D eigenvalue weighted by atomic mass is 10.1. The fourth-order valence-electron chi connectivity index (χ4n) is 2.42. The Morgan fingerprint density at radius 3 is 2.25 bits per heavy atom. The number of aromatic nitrogens is 4. The second kappa shape index (κ2) is 6.38. The molecule has 0 bridgehead atoms. The molecule has 2 aromatic heterocycles. The van der Waals surface area contributed by atoms with Crippen molar-refractivity contribution in [1.82, 2.24) is 19.6 Å². The Hall–Kier alpha value is -3.40. The molecule has 120 valence electrons. The molecule has 0 spiro atoms. The van der Waals surface area contributed by atoms with E-state index in [2.05, 4.69) is 10.2 Å². The van der Waals surface area contributed by atoms with Gasteiger partial charge in [0.25, 0.3) is 0 Å². The van der Waals surface area contributed by atoms with E-state index >= 15 is 0 Å². The molecule has 0 aliphatic carbocycles. The van der Waals surface area contributed by atoms with Crippen LogP contribution in [0, 0.1) is 18.3 Å². The summed E-state index contributed by atoms with van der Waals surface area (Å²) in [4.78, 5) is 11.1. The molecule has 0 amide bonds. The normalized spacial score (nSPS) is 10.5. The van der Waals surface area contributed by atoms with Crippen molar-refractivity contribution >= 4 is 5.97 Å². The average molecular weight is 321 g/mol. The molecule has 0 aliphatic heterocycles. The molecular weight excluding hydrogens is 306 g/mol. The van der Waals surface area contributed by atoms with Gasteiger partial charge in [0, 0.05) is 12.4 Å². The van der Waals surface area contributed by atoms with Gasteiger partial charge in [-0.2, -0.15) is 15.5 Å². The van der Waals surface area contributed by atoms with Gasteiger partial charge in [-0.15, -0.1) is 0 Å². The van der Waals surface area contributed by atoms with Crippen molar-refractivity contribution in [3.8, 4) is 6.07 Å². The second-order valence-corrected chi connectivity index (χ2v) is 5.54. The minimum Gasteiger partial charge on any atom is -0.478 e. The topological polar surface area (TPSA) is 96.7 Å². The number of benzene rings is 1. The highest BCUT2D eigenvalue weighted by atomic mass is 16.4. The summed E-state index contributed by atoms with van der Waals surface area (Å²) in [5.41, 5.74) is 3.05. The summed E-state index contributed by atoms with van der Waals surface area (Å²) in [6.07, 6.45) is 5.18. The molecule has 1 aromatic carbocycles. The molecule has 0 saturated heterocycles. The summed E-state index contributed by atoms with van der Waals surface area (Å²) in [5.74, 6) is -1.15. The number of carboxylic acid groups (broad SMARTS) is 1. The summed E-state index contributed by atoms with van der Waals surface area (Å²) in [6.45, 7) is 3.10. The van der Waals surface area contributed by atoms with E-state index in [1.165, 1.54) is 10.9 Å². The summed E-state index contributed by atoms with van der Waals surface area (Å²) >= 11 is 0. The van der Waals surface area contributed by atoms with Gasteiger partial charge in [-0.3, -0.25) is 9.36 Å². The first kappa shape index (κ1) is 15.5. The highest BCUT2D eigenvalue weighted by molar-refractivity contribution is 5.89. The number of aryl methyl sites for hydroxylation is 1. The number of carbonyl (C=O) groups is 1. The maximum absolute atomic E-state index is 11.1. The van der Waals surface area contributed by atoms with Gasteiger partial charge in [0.15, 0.2) is 5.69 Å². The van der Waals surface area contributed by atoms with E-state index in [-0.39, 0.29) is 11.3 Å². The van der Waals surface area contributed by atoms with E-state index in [0.717, 1.165) is 16.7 Å². The maximum Gasteiger partial charge on any atom is 0.340 e. The van der Waals surface area contributed by atoms with Gasteiger partial charge in [-0.1, -0.05) is 24.3 Å². The first-order valence-corrected chi connectivity index (χ1v) is 7.33. The molecule has 0 fully saturated rings. The SMILES string of the molecule is Cc1cnn(Cc2ccc(Cn3cc(C(=O)O)c(C#N)n3)cc2)c1. The van der Waals surface area contributed by atoms with Gasteiger partial charge in [-0.25, -0.2) is 4.79 Å². The molecule has 0 saturated carbocycles. The fourth-order valence-corrected chi connectivity index (χ4v) is 2.42. The Bertz CT molecular complexity index is 915. The predicted molar refractivity (Wildman–Crippen MR) is 85.5 cm³/mol. The van der Waals surface area contributed by atoms with Crippen LogP contribution in [0.15, 0.2) is 42.9 Å². The van der Waals surface area contributed by atoms with Crippen LogP contribution < -0.4 is 0 Å². The van der Waals surface area contributed by atoms with Gasteiger partial charge in [-0.05, 0) is 23.6 Å². The predicted octanol–water partition coefficient (Wildman–Crippen LogP) is 2.05. The molecule has 0 atom stereocenters. The summed E-state index contributed by atoms with van der Waals surface area (Å²) in [5, 5.41) is 26.2. The Kier molecular flexibility index (Phi) is 4.12. The Balaban J connectivity index is 1.72. The molecule has 0 aliphatic rings. The number of hydrogen-bond donors (Lipinski definition) is 1. The molecule has 7 heteroatoms. The van der Waals surface area contributed by atoms with Crippen molar-refractivity contribution in [2.75, 3.05) is 0 Å². The van der Waals surface area contributed by atoms with Crippen LogP contribution in [0.2, 0.25) is 0 Å². The van der Waals surface area contributed by atoms with E-state index in [1.807, 2.05) is 48.3 Å². The van der Waals surface area contributed by atoms with Crippen molar-refractivity contribution in [3.63, 3.8) is 0 Å². The van der Waals surface area contributed by atoms with Crippen LogP contribution in [0.5, 0.6) is 0 Å². The van der Waals surface area contributed by atoms with Crippen LogP contribution >= 0.6 is 0 Å². The third kappa shape index (κ3) is 3.33. The zero-order valence-corrected chi connectivity index (χ0v) is 13.0. The van der Waals surface area contributed by atoms with E-state index in [9.17, 15) is 4.79 Å². The van der Waals surface area contributed by atoms with E-state index in [0.29, 0.717) is 13.1 Å². The standard InChI is InChI=1S/C17H15N5O2/c1-12-7-19-21(8-12)9-13-2-4-14(5-3-13)10-22-11-15(17(23)24)16(6-18)20-22/h2-5,7-8,11H,9-10H2,1H3,(H,23,24). The summed E-state index contributed by atoms with van der Waals surface area (Å²) in [7, 11) is 0. The molecule has 3 rings (SSSR count). The molecule has 0 unspecified atom stereocenters. The van der Waals surface area contributed by atoms with Gasteiger partial charge in [0.2, 0.25) is 0 Å². The minimum atomic E-state index is -1.15. The number of carboxylic acids is 1. The Morgan fingerprint density at radius 2 is 1.79 bits per heavy atom. The van der Waals surface area contributed by atoms with Crippen LogP contribution in [0.1, 0.15) is 32.7 Å². The van der Waals surface area contributed by atoms with Crippen LogP contribution in [-0.2, 0) is 13.1 Å². The molecule has 2 heterocycles. The number of nitriles is 1. The number of nitrogens with zero attached hydrogens (tertiary/aromatic N) is 5. The average Bonchev–Trinajstić information content (AvgIpc) is 3.15. The lowest BCUT2D eigenvalue weighted by molar-refractivity contribution is 0.0696. The monoisotopic (exact) mass is 321 g/mol. The molecule has 3 aromatic rings. The lowest BCUT2D eigenvalue weighted by Crippen LogP contribution is -2.02. The third-order valence-electron chi connectivity index (χ3n) is 3.57. The van der Waals surface area contributed by atoms with Gasteiger partial charge in [0.1, 0.15) is 11.6 Å². The van der Waals surface area contributed by atoms with E-state index < -0.39 is 5.97 Å². The fraction of sp³-hybridized carbons (Fsp3) is 0.176. The molecule has 24 heavy (non-hydrogen) atoms. The van der Waals surface area contributed by atoms with Gasteiger partial charge in [0.05, 0.1) is 19.3 Å². The zero-order valence-electron chi connectivity index (χ0n) is 13.0. The van der Waals surface area contributed by atoms with Crippen molar-refractivity contribution in [3.05, 3.63) is 70.8 Å². The van der Waals surface area contributed by atoms with E-state index in [1.54, 1.807) is 6.07 Å². The Labute approximate surface area is 138 Å². The third-order valence-corrected chi connectivity index (χ3v) is 3.57. The maximum atomic E-state index is 11.1. The van der Waals surface area contributed by atoms with Crippen LogP contribution in [0.4, 0.5) is 0 Å². The number of aromatic carboxylic acids is 1. The molecule has 0 radical (unpaired) electrons. The van der Waals surface area contributed by atoms with Gasteiger partial charge < -0.3 is 5.11 Å². The zero-order chi connectivity index (χ0) is 17.1. The van der Waals surface area contributed by atoms with Crippen LogP contribution in [-0.4, -0.2) is 30.6 Å². The van der Waals surface area contributed by atoms with Crippen molar-refractivity contribution < 1.29 is 9.90 Å². The summed E-state index contributed by atoms with van der Waals surface area (Å²) < 4.78 is 3.34. The number of hydrogen-bond acceptors (Lipinski definition) is 4. The van der Waals surface area contributed by atoms with Crippen LogP contribution in [0.3, 0.4) is 0 Å². The molecular formula is C17H15N5O2. The van der Waals surface area contributed by atoms with Crippen molar-refractivity contribution in [1.29, 1.82) is 5.26 Å². The first-order chi connectivity index (χ1) is 11.5. The largest absolute Gasteiger partial charge is 0.478 e.